The molecule has 1 saturated heterocycles. The van der Waals surface area contributed by atoms with Crippen LogP contribution < -0.4 is 4.90 Å². The average Bonchev–Trinajstić information content (AvgIpc) is 3.33. The maximum atomic E-state index is 14.2. The molecule has 162 valence electrons. The number of anilines is 1. The van der Waals surface area contributed by atoms with E-state index in [2.05, 4.69) is 15.0 Å². The molecule has 3 aromatic rings. The van der Waals surface area contributed by atoms with Gasteiger partial charge in [0, 0.05) is 38.4 Å². The molecule has 4 rings (SSSR count). The number of ether oxygens (including phenoxy) is 1. The van der Waals surface area contributed by atoms with Crippen LogP contribution in [-0.2, 0) is 11.3 Å². The number of carbonyl (C=O) groups excluding carboxylic acids is 1. The highest BCUT2D eigenvalue weighted by Crippen LogP contribution is 2.31. The number of nitrogens with zero attached hydrogens (tertiary/aromatic N) is 5. The zero-order chi connectivity index (χ0) is 20.4. The number of aryl methyl sites for hydroxylation is 2. The van der Waals surface area contributed by atoms with E-state index in [9.17, 15) is 9.18 Å². The highest BCUT2D eigenvalue weighted by atomic mass is 35.5. The lowest BCUT2D eigenvalue weighted by Gasteiger charge is -2.29. The van der Waals surface area contributed by atoms with Crippen LogP contribution in [0.3, 0.4) is 0 Å². The fraction of sp³-hybridized carbons (Fsp3) is 0.450. The molecule has 1 aliphatic rings. The van der Waals surface area contributed by atoms with Crippen LogP contribution in [0.4, 0.5) is 9.52 Å². The Labute approximate surface area is 184 Å². The second kappa shape index (κ2) is 9.82. The summed E-state index contributed by atoms with van der Waals surface area (Å²) >= 11 is 1.32. The van der Waals surface area contributed by atoms with Crippen LogP contribution in [0.5, 0.6) is 0 Å². The highest BCUT2D eigenvalue weighted by molar-refractivity contribution is 7.22. The summed E-state index contributed by atoms with van der Waals surface area (Å²) in [7, 11) is 0. The number of hydrogen-bond donors (Lipinski definition) is 0. The number of morpholine rings is 1. The Morgan fingerprint density at radius 3 is 2.77 bits per heavy atom. The van der Waals surface area contributed by atoms with Crippen molar-refractivity contribution >= 4 is 45.0 Å². The molecule has 2 aromatic heterocycles. The molecular weight excluding hydrogens is 429 g/mol. The topological polar surface area (TPSA) is 63.5 Å². The quantitative estimate of drug-likeness (QED) is 0.572. The van der Waals surface area contributed by atoms with Crippen LogP contribution in [0.2, 0.25) is 0 Å². The summed E-state index contributed by atoms with van der Waals surface area (Å²) in [6.07, 6.45) is 0. The molecule has 1 fully saturated rings. The average molecular weight is 454 g/mol. The van der Waals surface area contributed by atoms with Gasteiger partial charge in [-0.2, -0.15) is 5.10 Å². The summed E-state index contributed by atoms with van der Waals surface area (Å²) in [6, 6.07) is 6.66. The van der Waals surface area contributed by atoms with Gasteiger partial charge in [0.1, 0.15) is 11.3 Å². The van der Waals surface area contributed by atoms with E-state index >= 15 is 0 Å². The minimum absolute atomic E-state index is 0. The minimum Gasteiger partial charge on any atom is -0.379 e. The summed E-state index contributed by atoms with van der Waals surface area (Å²) in [5.41, 5.74) is 1.61. The Hall–Kier alpha value is -2.07. The predicted octanol–water partition coefficient (Wildman–Crippen LogP) is 3.36. The fourth-order valence-corrected chi connectivity index (χ4v) is 4.45. The summed E-state index contributed by atoms with van der Waals surface area (Å²) in [5, 5.41) is 4.93. The lowest BCUT2D eigenvalue weighted by molar-refractivity contribution is 0.0391. The number of thiazole rings is 1. The van der Waals surface area contributed by atoms with E-state index in [4.69, 9.17) is 4.74 Å². The van der Waals surface area contributed by atoms with Crippen LogP contribution >= 0.6 is 23.7 Å². The van der Waals surface area contributed by atoms with Crippen molar-refractivity contribution in [2.75, 3.05) is 44.3 Å². The van der Waals surface area contributed by atoms with Crippen LogP contribution in [0.1, 0.15) is 23.1 Å². The lowest BCUT2D eigenvalue weighted by atomic mass is 10.3. The second-order valence-electron chi connectivity index (χ2n) is 6.98. The number of rotatable bonds is 6. The van der Waals surface area contributed by atoms with Crippen molar-refractivity contribution in [2.45, 2.75) is 20.4 Å². The summed E-state index contributed by atoms with van der Waals surface area (Å²) in [5.74, 6) is -0.593. The van der Waals surface area contributed by atoms with E-state index in [0.29, 0.717) is 49.2 Å². The first-order valence-electron chi connectivity index (χ1n) is 9.78. The molecular formula is C20H25ClFN5O2S. The van der Waals surface area contributed by atoms with Gasteiger partial charge in [-0.3, -0.25) is 19.3 Å². The first-order chi connectivity index (χ1) is 14.1. The fourth-order valence-electron chi connectivity index (χ4n) is 3.44. The van der Waals surface area contributed by atoms with Crippen molar-refractivity contribution in [2.24, 2.45) is 0 Å². The Morgan fingerprint density at radius 1 is 1.33 bits per heavy atom. The molecule has 0 saturated carbocycles. The number of halogens is 2. The predicted molar refractivity (Wildman–Crippen MR) is 118 cm³/mol. The van der Waals surface area contributed by atoms with Crippen LogP contribution in [0.15, 0.2) is 24.3 Å². The summed E-state index contributed by atoms with van der Waals surface area (Å²) in [4.78, 5) is 21.7. The maximum Gasteiger partial charge on any atom is 0.280 e. The maximum absolute atomic E-state index is 14.2. The highest BCUT2D eigenvalue weighted by Gasteiger charge is 2.25. The standard InChI is InChI=1S/C20H24FN5O2S.ClH/c1-3-26-14(2)13-16(23-26)19(27)25(8-7-24-9-11-28-12-10-24)20-22-18-15(21)5-4-6-17(18)29-20;/h4-6,13H,3,7-12H2,1-2H3;1H. The first kappa shape index (κ1) is 22.6. The van der Waals surface area contributed by atoms with Crippen molar-refractivity contribution in [3.63, 3.8) is 0 Å². The Kier molecular flexibility index (Phi) is 7.41. The molecule has 0 aliphatic carbocycles. The Bertz CT molecular complexity index is 1020. The molecule has 7 nitrogen and oxygen atoms in total. The largest absolute Gasteiger partial charge is 0.379 e. The van der Waals surface area contributed by atoms with Crippen LogP contribution in [-0.4, -0.2) is 65.0 Å². The van der Waals surface area contributed by atoms with Gasteiger partial charge in [0.2, 0.25) is 0 Å². The molecule has 3 heterocycles. The van der Waals surface area contributed by atoms with Crippen molar-refractivity contribution in [1.29, 1.82) is 0 Å². The first-order valence-corrected chi connectivity index (χ1v) is 10.6. The van der Waals surface area contributed by atoms with Crippen LogP contribution in [0, 0.1) is 12.7 Å². The number of para-hydroxylation sites is 1. The van der Waals surface area contributed by atoms with Gasteiger partial charge in [-0.1, -0.05) is 17.4 Å². The molecule has 0 bridgehead atoms. The molecule has 0 radical (unpaired) electrons. The van der Waals surface area contributed by atoms with Gasteiger partial charge < -0.3 is 4.74 Å². The third kappa shape index (κ3) is 4.64. The van der Waals surface area contributed by atoms with Gasteiger partial charge in [0.15, 0.2) is 10.8 Å². The van der Waals surface area contributed by atoms with E-state index in [1.807, 2.05) is 19.9 Å². The van der Waals surface area contributed by atoms with Crippen molar-refractivity contribution in [3.05, 3.63) is 41.5 Å². The molecule has 1 aliphatic heterocycles. The van der Waals surface area contributed by atoms with Gasteiger partial charge in [-0.05, 0) is 32.0 Å². The minimum atomic E-state index is -0.378. The number of aromatic nitrogens is 3. The van der Waals surface area contributed by atoms with Gasteiger partial charge >= 0.3 is 0 Å². The molecule has 0 spiro atoms. The van der Waals surface area contributed by atoms with Gasteiger partial charge in [0.25, 0.3) is 5.91 Å². The smallest absolute Gasteiger partial charge is 0.280 e. The number of amides is 1. The van der Waals surface area contributed by atoms with E-state index < -0.39 is 0 Å². The monoisotopic (exact) mass is 453 g/mol. The normalized spacial score (nSPS) is 14.6. The zero-order valence-corrected chi connectivity index (χ0v) is 18.6. The van der Waals surface area contributed by atoms with Gasteiger partial charge in [0.05, 0.1) is 17.9 Å². The van der Waals surface area contributed by atoms with E-state index in [-0.39, 0.29) is 24.1 Å². The lowest BCUT2D eigenvalue weighted by Crippen LogP contribution is -2.43. The molecule has 10 heteroatoms. The SMILES string of the molecule is CCn1nc(C(=O)N(CCN2CCOCC2)c2nc3c(F)cccc3s2)cc1C.Cl. The number of benzene rings is 1. The van der Waals surface area contributed by atoms with Crippen molar-refractivity contribution < 1.29 is 13.9 Å². The number of carbonyl (C=O) groups is 1. The molecule has 30 heavy (non-hydrogen) atoms. The molecule has 0 atom stereocenters. The molecule has 1 aromatic carbocycles. The van der Waals surface area contributed by atoms with E-state index in [1.54, 1.807) is 21.7 Å². The van der Waals surface area contributed by atoms with E-state index in [0.717, 1.165) is 23.5 Å². The number of hydrogen-bond acceptors (Lipinski definition) is 6. The van der Waals surface area contributed by atoms with Crippen LogP contribution in [0.25, 0.3) is 10.2 Å². The van der Waals surface area contributed by atoms with Crippen molar-refractivity contribution in [1.82, 2.24) is 19.7 Å². The van der Waals surface area contributed by atoms with Gasteiger partial charge in [-0.25, -0.2) is 9.37 Å². The molecule has 0 unspecified atom stereocenters. The second-order valence-corrected chi connectivity index (χ2v) is 7.99. The number of fused-ring (bicyclic) bond motifs is 1. The molecule has 1 amide bonds. The third-order valence-electron chi connectivity index (χ3n) is 5.08. The summed E-state index contributed by atoms with van der Waals surface area (Å²) in [6.45, 7) is 8.82. The van der Waals surface area contributed by atoms with E-state index in [1.165, 1.54) is 17.4 Å². The third-order valence-corrected chi connectivity index (χ3v) is 6.12. The summed E-state index contributed by atoms with van der Waals surface area (Å²) < 4.78 is 22.1. The zero-order valence-electron chi connectivity index (χ0n) is 17.0. The van der Waals surface area contributed by atoms with Crippen molar-refractivity contribution in [3.8, 4) is 0 Å². The molecule has 0 N–H and O–H groups in total. The van der Waals surface area contributed by atoms with Gasteiger partial charge in [-0.15, -0.1) is 12.4 Å². The Balaban J connectivity index is 0.00000256. The Morgan fingerprint density at radius 2 is 2.10 bits per heavy atom.